The quantitative estimate of drug-likeness (QED) is 0.477. The van der Waals surface area contributed by atoms with Crippen molar-refractivity contribution < 1.29 is 14.5 Å². The zero-order chi connectivity index (χ0) is 13.8. The summed E-state index contributed by atoms with van der Waals surface area (Å²) in [6, 6.07) is 3.98. The number of non-ortho nitro benzene ring substituents is 1. The summed E-state index contributed by atoms with van der Waals surface area (Å²) in [5, 5.41) is 10.7. The van der Waals surface area contributed by atoms with Gasteiger partial charge in [0.15, 0.2) is 5.78 Å². The van der Waals surface area contributed by atoms with Crippen LogP contribution >= 0.6 is 11.3 Å². The number of thiazole rings is 1. The van der Waals surface area contributed by atoms with Gasteiger partial charge in [-0.25, -0.2) is 0 Å². The van der Waals surface area contributed by atoms with Gasteiger partial charge in [0.25, 0.3) is 5.69 Å². The van der Waals surface area contributed by atoms with Gasteiger partial charge in [0.05, 0.1) is 20.9 Å². The molecule has 0 saturated heterocycles. The minimum absolute atomic E-state index is 0.129. The van der Waals surface area contributed by atoms with Gasteiger partial charge in [0, 0.05) is 18.3 Å². The lowest BCUT2D eigenvalue weighted by molar-refractivity contribution is -0.384. The first-order valence-corrected chi connectivity index (χ1v) is 6.25. The summed E-state index contributed by atoms with van der Waals surface area (Å²) in [5.74, 6) is 0.0644. The molecule has 6 nitrogen and oxygen atoms in total. The fraction of sp³-hybridized carbons (Fsp3) is 0.167. The van der Waals surface area contributed by atoms with E-state index in [0.29, 0.717) is 5.75 Å². The van der Waals surface area contributed by atoms with Crippen molar-refractivity contribution >= 4 is 22.8 Å². The largest absolute Gasteiger partial charge is 0.487 e. The third kappa shape index (κ3) is 3.14. The molecule has 0 radical (unpaired) electrons. The van der Waals surface area contributed by atoms with Crippen molar-refractivity contribution in [1.82, 2.24) is 4.98 Å². The van der Waals surface area contributed by atoms with E-state index in [0.717, 1.165) is 4.88 Å². The number of carbonyl (C=O) groups is 1. The molecule has 0 N–H and O–H groups in total. The van der Waals surface area contributed by atoms with E-state index in [4.69, 9.17) is 4.74 Å². The van der Waals surface area contributed by atoms with E-state index in [9.17, 15) is 14.9 Å². The smallest absolute Gasteiger partial charge is 0.270 e. The highest BCUT2D eigenvalue weighted by atomic mass is 32.1. The number of rotatable bonds is 5. The lowest BCUT2D eigenvalue weighted by Gasteiger charge is -2.08. The summed E-state index contributed by atoms with van der Waals surface area (Å²) in [5.41, 5.74) is 1.76. The molecule has 7 heteroatoms. The van der Waals surface area contributed by atoms with Crippen molar-refractivity contribution in [2.45, 2.75) is 13.5 Å². The predicted octanol–water partition coefficient (Wildman–Crippen LogP) is 2.83. The van der Waals surface area contributed by atoms with E-state index >= 15 is 0 Å². The van der Waals surface area contributed by atoms with Crippen molar-refractivity contribution in [3.05, 3.63) is 50.5 Å². The minimum Gasteiger partial charge on any atom is -0.487 e. The first-order chi connectivity index (χ1) is 9.08. The number of hydrogen-bond donors (Lipinski definition) is 0. The van der Waals surface area contributed by atoms with Gasteiger partial charge in [-0.2, -0.15) is 0 Å². The molecule has 0 aliphatic rings. The second kappa shape index (κ2) is 5.57. The van der Waals surface area contributed by atoms with Crippen molar-refractivity contribution in [3.63, 3.8) is 0 Å². The van der Waals surface area contributed by atoms with Crippen molar-refractivity contribution in [2.75, 3.05) is 0 Å². The first-order valence-electron chi connectivity index (χ1n) is 5.37. The maximum Gasteiger partial charge on any atom is 0.270 e. The summed E-state index contributed by atoms with van der Waals surface area (Å²) in [6.45, 7) is 1.63. The number of carbonyl (C=O) groups excluding carboxylic acids is 1. The van der Waals surface area contributed by atoms with Gasteiger partial charge in [-0.15, -0.1) is 11.3 Å². The molecule has 19 heavy (non-hydrogen) atoms. The Balaban J connectivity index is 2.24. The number of ether oxygens (including phenoxy) is 1. The molecule has 0 saturated carbocycles. The number of benzene rings is 1. The van der Waals surface area contributed by atoms with Crippen LogP contribution in [0, 0.1) is 10.1 Å². The lowest BCUT2D eigenvalue weighted by atomic mass is 10.1. The molecule has 1 heterocycles. The molecule has 2 rings (SSSR count). The molecular weight excluding hydrogens is 268 g/mol. The molecule has 2 aromatic rings. The summed E-state index contributed by atoms with van der Waals surface area (Å²) in [6.07, 6.45) is 1.67. The number of ketones is 1. The van der Waals surface area contributed by atoms with E-state index < -0.39 is 4.92 Å². The Hall–Kier alpha value is -2.28. The Kier molecular flexibility index (Phi) is 3.86. The average molecular weight is 278 g/mol. The van der Waals surface area contributed by atoms with Crippen molar-refractivity contribution in [2.24, 2.45) is 0 Å². The maximum atomic E-state index is 11.5. The van der Waals surface area contributed by atoms with Crippen LogP contribution in [-0.4, -0.2) is 15.7 Å². The van der Waals surface area contributed by atoms with Crippen molar-refractivity contribution in [1.29, 1.82) is 0 Å². The second-order valence-corrected chi connectivity index (χ2v) is 4.72. The van der Waals surface area contributed by atoms with E-state index in [1.165, 1.54) is 36.5 Å². The molecule has 0 bridgehead atoms. The Labute approximate surface area is 112 Å². The summed E-state index contributed by atoms with van der Waals surface area (Å²) in [4.78, 5) is 26.4. The highest BCUT2D eigenvalue weighted by Gasteiger charge is 2.15. The van der Waals surface area contributed by atoms with Crippen molar-refractivity contribution in [3.8, 4) is 5.75 Å². The monoisotopic (exact) mass is 278 g/mol. The zero-order valence-corrected chi connectivity index (χ0v) is 10.8. The van der Waals surface area contributed by atoms with Crippen LogP contribution in [-0.2, 0) is 6.61 Å². The molecule has 0 aliphatic heterocycles. The minimum atomic E-state index is -0.542. The fourth-order valence-corrected chi connectivity index (χ4v) is 2.00. The second-order valence-electron chi connectivity index (χ2n) is 3.75. The third-order valence-corrected chi connectivity index (χ3v) is 3.16. The molecule has 0 spiro atoms. The number of nitrogens with zero attached hydrogens (tertiary/aromatic N) is 2. The number of nitro benzene ring substituents is 1. The Bertz CT molecular complexity index is 610. The van der Waals surface area contributed by atoms with Crippen LogP contribution < -0.4 is 4.74 Å². The van der Waals surface area contributed by atoms with Gasteiger partial charge in [-0.3, -0.25) is 19.9 Å². The first kappa shape index (κ1) is 13.2. The topological polar surface area (TPSA) is 82.3 Å². The molecule has 0 amide bonds. The standard InChI is InChI=1S/C12H10N2O4S/c1-8(15)11-4-9(14(16)17)2-3-12(11)18-6-10-5-13-7-19-10/h2-5,7H,6H2,1H3. The van der Waals surface area contributed by atoms with E-state index in [1.807, 2.05) is 0 Å². The number of aromatic nitrogens is 1. The van der Waals surface area contributed by atoms with E-state index in [2.05, 4.69) is 4.98 Å². The number of nitro groups is 1. The summed E-state index contributed by atoms with van der Waals surface area (Å²) >= 11 is 1.44. The Morgan fingerprint density at radius 1 is 1.53 bits per heavy atom. The van der Waals surface area contributed by atoms with Crippen LogP contribution in [0.15, 0.2) is 29.9 Å². The van der Waals surface area contributed by atoms with Gasteiger partial charge in [-0.05, 0) is 13.0 Å². The van der Waals surface area contributed by atoms with Crippen LogP contribution in [0.5, 0.6) is 5.75 Å². The van der Waals surface area contributed by atoms with E-state index in [-0.39, 0.29) is 23.6 Å². The number of hydrogen-bond acceptors (Lipinski definition) is 6. The zero-order valence-electron chi connectivity index (χ0n) is 10.0. The fourth-order valence-electron chi connectivity index (χ4n) is 1.49. The molecule has 98 valence electrons. The Morgan fingerprint density at radius 3 is 2.89 bits per heavy atom. The van der Waals surface area contributed by atoms with Gasteiger partial charge in [0.2, 0.25) is 0 Å². The van der Waals surface area contributed by atoms with Gasteiger partial charge < -0.3 is 4.74 Å². The molecule has 0 atom stereocenters. The Morgan fingerprint density at radius 2 is 2.32 bits per heavy atom. The van der Waals surface area contributed by atoms with Gasteiger partial charge in [-0.1, -0.05) is 0 Å². The van der Waals surface area contributed by atoms with E-state index in [1.54, 1.807) is 11.7 Å². The summed E-state index contributed by atoms with van der Waals surface area (Å²) in [7, 11) is 0. The van der Waals surface area contributed by atoms with Gasteiger partial charge in [0.1, 0.15) is 12.4 Å². The molecule has 0 fully saturated rings. The molecule has 0 unspecified atom stereocenters. The molecule has 1 aromatic heterocycles. The number of Topliss-reactive ketones (excluding diaryl/α,β-unsaturated/α-hetero) is 1. The average Bonchev–Trinajstić information content (AvgIpc) is 2.89. The van der Waals surface area contributed by atoms with Crippen LogP contribution in [0.2, 0.25) is 0 Å². The van der Waals surface area contributed by atoms with Crippen LogP contribution in [0.3, 0.4) is 0 Å². The van der Waals surface area contributed by atoms with Crippen LogP contribution in [0.25, 0.3) is 0 Å². The highest BCUT2D eigenvalue weighted by molar-refractivity contribution is 7.09. The van der Waals surface area contributed by atoms with Crippen LogP contribution in [0.1, 0.15) is 22.2 Å². The highest BCUT2D eigenvalue weighted by Crippen LogP contribution is 2.25. The molecular formula is C12H10N2O4S. The van der Waals surface area contributed by atoms with Gasteiger partial charge >= 0.3 is 0 Å². The SMILES string of the molecule is CC(=O)c1cc([N+](=O)[O-])ccc1OCc1cncs1. The maximum absolute atomic E-state index is 11.5. The molecule has 1 aromatic carbocycles. The van der Waals surface area contributed by atoms with Crippen LogP contribution in [0.4, 0.5) is 5.69 Å². The lowest BCUT2D eigenvalue weighted by Crippen LogP contribution is -2.02. The molecule has 0 aliphatic carbocycles. The predicted molar refractivity (Wildman–Crippen MR) is 69.5 cm³/mol. The third-order valence-electron chi connectivity index (χ3n) is 2.41. The normalized spacial score (nSPS) is 10.2. The summed E-state index contributed by atoms with van der Waals surface area (Å²) < 4.78 is 5.50.